The highest BCUT2D eigenvalue weighted by Gasteiger charge is 2.25. The van der Waals surface area contributed by atoms with Crippen LogP contribution in [0.15, 0.2) is 49.1 Å². The fourth-order valence-electron chi connectivity index (χ4n) is 4.55. The van der Waals surface area contributed by atoms with Crippen molar-refractivity contribution in [2.45, 2.75) is 38.8 Å². The highest BCUT2D eigenvalue weighted by Crippen LogP contribution is 2.34. The van der Waals surface area contributed by atoms with E-state index >= 15 is 0 Å². The van der Waals surface area contributed by atoms with Crippen molar-refractivity contribution in [2.24, 2.45) is 5.92 Å². The summed E-state index contributed by atoms with van der Waals surface area (Å²) in [6.07, 6.45) is 13.1. The Bertz CT molecular complexity index is 1030. The summed E-state index contributed by atoms with van der Waals surface area (Å²) in [5.41, 5.74) is 6.14. The van der Waals surface area contributed by atoms with Gasteiger partial charge >= 0.3 is 0 Å². The van der Waals surface area contributed by atoms with Crippen LogP contribution in [0.2, 0.25) is 0 Å². The fraction of sp³-hybridized carbons (Fsp3) is 0.348. The average Bonchev–Trinajstić information content (AvgIpc) is 3.45. The van der Waals surface area contributed by atoms with Gasteiger partial charge in [0.2, 0.25) is 0 Å². The number of hydrogen-bond acceptors (Lipinski definition) is 3. The SMILES string of the molecule is CN1Cc2ccc(-c3cnccc3-c3cnn(CC4CCCC4)c3)cc2C1=O. The van der Waals surface area contributed by atoms with Gasteiger partial charge in [0.05, 0.1) is 6.20 Å². The summed E-state index contributed by atoms with van der Waals surface area (Å²) in [5.74, 6) is 0.844. The van der Waals surface area contributed by atoms with Gasteiger partial charge in [0.1, 0.15) is 0 Å². The van der Waals surface area contributed by atoms with Crippen molar-refractivity contribution in [1.29, 1.82) is 0 Å². The third-order valence-electron chi connectivity index (χ3n) is 6.09. The van der Waals surface area contributed by atoms with E-state index in [0.29, 0.717) is 6.54 Å². The minimum atomic E-state index is 0.0895. The van der Waals surface area contributed by atoms with Crippen LogP contribution in [0.4, 0.5) is 0 Å². The number of aromatic nitrogens is 3. The molecule has 5 nitrogen and oxygen atoms in total. The molecule has 0 saturated heterocycles. The topological polar surface area (TPSA) is 51.0 Å². The zero-order valence-corrected chi connectivity index (χ0v) is 16.1. The minimum Gasteiger partial charge on any atom is -0.337 e. The number of pyridine rings is 1. The lowest BCUT2D eigenvalue weighted by molar-refractivity contribution is 0.0816. The first-order valence-corrected chi connectivity index (χ1v) is 10.0. The Morgan fingerprint density at radius 1 is 1.04 bits per heavy atom. The molecule has 1 aliphatic carbocycles. The Morgan fingerprint density at radius 2 is 1.89 bits per heavy atom. The standard InChI is InChI=1S/C23H24N4O/c1-26-14-18-7-6-17(10-21(18)23(26)28)22-12-24-9-8-20(22)19-11-25-27(15-19)13-16-4-2-3-5-16/h6-12,15-16H,2-5,13-14H2,1H3. The van der Waals surface area contributed by atoms with Crippen molar-refractivity contribution < 1.29 is 4.79 Å². The van der Waals surface area contributed by atoms with E-state index in [0.717, 1.165) is 45.8 Å². The van der Waals surface area contributed by atoms with Crippen LogP contribution in [0, 0.1) is 5.92 Å². The first-order valence-electron chi connectivity index (χ1n) is 10.0. The molecule has 0 bridgehead atoms. The quantitative estimate of drug-likeness (QED) is 0.683. The third kappa shape index (κ3) is 3.01. The molecule has 2 aliphatic rings. The summed E-state index contributed by atoms with van der Waals surface area (Å²) < 4.78 is 2.08. The minimum absolute atomic E-state index is 0.0895. The summed E-state index contributed by atoms with van der Waals surface area (Å²) in [6.45, 7) is 1.68. The van der Waals surface area contributed by atoms with Crippen molar-refractivity contribution >= 4 is 5.91 Å². The molecular weight excluding hydrogens is 348 g/mol. The molecule has 142 valence electrons. The number of carbonyl (C=O) groups excluding carboxylic acids is 1. The summed E-state index contributed by atoms with van der Waals surface area (Å²) in [7, 11) is 1.84. The Labute approximate surface area is 165 Å². The third-order valence-corrected chi connectivity index (χ3v) is 6.09. The van der Waals surface area contributed by atoms with E-state index < -0.39 is 0 Å². The lowest BCUT2D eigenvalue weighted by Gasteiger charge is -2.10. The zero-order valence-electron chi connectivity index (χ0n) is 16.1. The molecule has 1 saturated carbocycles. The molecule has 1 aliphatic heterocycles. The van der Waals surface area contributed by atoms with Crippen molar-refractivity contribution in [3.63, 3.8) is 0 Å². The largest absolute Gasteiger partial charge is 0.337 e. The van der Waals surface area contributed by atoms with E-state index in [4.69, 9.17) is 0 Å². The number of fused-ring (bicyclic) bond motifs is 1. The lowest BCUT2D eigenvalue weighted by atomic mass is 9.96. The van der Waals surface area contributed by atoms with Crippen molar-refractivity contribution in [2.75, 3.05) is 7.05 Å². The highest BCUT2D eigenvalue weighted by molar-refractivity contribution is 5.99. The van der Waals surface area contributed by atoms with Crippen molar-refractivity contribution in [3.05, 3.63) is 60.2 Å². The van der Waals surface area contributed by atoms with Gasteiger partial charge in [-0.25, -0.2) is 0 Å². The van der Waals surface area contributed by atoms with Gasteiger partial charge in [-0.05, 0) is 47.6 Å². The van der Waals surface area contributed by atoms with Crippen LogP contribution in [0.3, 0.4) is 0 Å². The van der Waals surface area contributed by atoms with Crippen LogP contribution < -0.4 is 0 Å². The van der Waals surface area contributed by atoms with Gasteiger partial charge in [-0.2, -0.15) is 5.10 Å². The number of rotatable bonds is 4. The van der Waals surface area contributed by atoms with Crippen LogP contribution in [0.1, 0.15) is 41.6 Å². The summed E-state index contributed by atoms with van der Waals surface area (Å²) >= 11 is 0. The van der Waals surface area contributed by atoms with Crippen molar-refractivity contribution in [1.82, 2.24) is 19.7 Å². The molecule has 0 N–H and O–H groups in total. The van der Waals surface area contributed by atoms with Gasteiger partial charge in [-0.15, -0.1) is 0 Å². The molecule has 0 unspecified atom stereocenters. The number of hydrogen-bond donors (Lipinski definition) is 0. The fourth-order valence-corrected chi connectivity index (χ4v) is 4.55. The predicted molar refractivity (Wildman–Crippen MR) is 109 cm³/mol. The Kier molecular flexibility index (Phi) is 4.23. The predicted octanol–water partition coefficient (Wildman–Crippen LogP) is 4.39. The average molecular weight is 372 g/mol. The molecule has 1 fully saturated rings. The maximum atomic E-state index is 12.4. The van der Waals surface area contributed by atoms with E-state index in [-0.39, 0.29) is 5.91 Å². The maximum Gasteiger partial charge on any atom is 0.254 e. The molecule has 1 aromatic carbocycles. The van der Waals surface area contributed by atoms with Crippen LogP contribution >= 0.6 is 0 Å². The molecule has 5 rings (SSSR count). The van der Waals surface area contributed by atoms with Crippen LogP contribution in [0.5, 0.6) is 0 Å². The highest BCUT2D eigenvalue weighted by atomic mass is 16.2. The van der Waals surface area contributed by atoms with E-state index in [1.807, 2.05) is 37.8 Å². The summed E-state index contributed by atoms with van der Waals surface area (Å²) in [5, 5.41) is 4.61. The number of nitrogens with zero attached hydrogens (tertiary/aromatic N) is 4. The second-order valence-electron chi connectivity index (χ2n) is 8.06. The molecule has 1 amide bonds. The van der Waals surface area contributed by atoms with Crippen molar-refractivity contribution in [3.8, 4) is 22.3 Å². The second-order valence-corrected chi connectivity index (χ2v) is 8.06. The number of carbonyl (C=O) groups is 1. The van der Waals surface area contributed by atoms with E-state index in [1.165, 1.54) is 25.7 Å². The molecule has 3 aromatic rings. The molecule has 0 spiro atoms. The van der Waals surface area contributed by atoms with Crippen LogP contribution in [0.25, 0.3) is 22.3 Å². The first-order chi connectivity index (χ1) is 13.7. The smallest absolute Gasteiger partial charge is 0.254 e. The molecule has 2 aromatic heterocycles. The number of benzene rings is 1. The molecule has 0 atom stereocenters. The monoisotopic (exact) mass is 372 g/mol. The van der Waals surface area contributed by atoms with Gasteiger partial charge in [0, 0.05) is 55.4 Å². The normalized spacial score (nSPS) is 16.8. The maximum absolute atomic E-state index is 12.4. The molecule has 5 heteroatoms. The van der Waals surface area contributed by atoms with E-state index in [9.17, 15) is 4.79 Å². The Balaban J connectivity index is 1.49. The Morgan fingerprint density at radius 3 is 2.75 bits per heavy atom. The summed E-state index contributed by atoms with van der Waals surface area (Å²) in [4.78, 5) is 18.5. The van der Waals surface area contributed by atoms with Gasteiger partial charge < -0.3 is 4.90 Å². The van der Waals surface area contributed by atoms with E-state index in [1.54, 1.807) is 4.90 Å². The first kappa shape index (κ1) is 17.2. The van der Waals surface area contributed by atoms with Crippen LogP contribution in [-0.4, -0.2) is 32.6 Å². The van der Waals surface area contributed by atoms with Gasteiger partial charge in [0.15, 0.2) is 0 Å². The molecule has 0 radical (unpaired) electrons. The summed E-state index contributed by atoms with van der Waals surface area (Å²) in [6, 6.07) is 8.19. The molecule has 3 heterocycles. The van der Waals surface area contributed by atoms with Gasteiger partial charge in [-0.3, -0.25) is 14.5 Å². The van der Waals surface area contributed by atoms with Crippen LogP contribution in [-0.2, 0) is 13.1 Å². The van der Waals surface area contributed by atoms with Gasteiger partial charge in [0.25, 0.3) is 5.91 Å². The second kappa shape index (κ2) is 6.89. The number of amides is 1. The van der Waals surface area contributed by atoms with E-state index in [2.05, 4.69) is 33.1 Å². The zero-order chi connectivity index (χ0) is 19.1. The Hall–Kier alpha value is -2.95. The molecule has 28 heavy (non-hydrogen) atoms. The van der Waals surface area contributed by atoms with Gasteiger partial charge in [-0.1, -0.05) is 25.0 Å². The lowest BCUT2D eigenvalue weighted by Crippen LogP contribution is -2.17. The molecular formula is C23H24N4O.